The standard InChI is InChI=1S/C18H15Cl3F3N/c1-25-10-12-4-2-11(6-17(12)21)3-5-16(18(22,23)24)13-7-14(19)9-15(20)8-13/h2-9,16,25H,10H2,1H3/b5-3+. The van der Waals surface area contributed by atoms with Crippen molar-refractivity contribution in [2.75, 3.05) is 7.05 Å². The highest BCUT2D eigenvalue weighted by atomic mass is 35.5. The molecule has 0 saturated carbocycles. The molecule has 7 heteroatoms. The van der Waals surface area contributed by atoms with Crippen molar-refractivity contribution in [1.82, 2.24) is 5.32 Å². The molecular formula is C18H15Cl3F3N. The molecule has 1 nitrogen and oxygen atoms in total. The van der Waals surface area contributed by atoms with Gasteiger partial charge in [0.1, 0.15) is 0 Å². The van der Waals surface area contributed by atoms with Crippen LogP contribution < -0.4 is 5.32 Å². The second-order valence-corrected chi connectivity index (χ2v) is 6.74. The minimum atomic E-state index is -4.47. The quantitative estimate of drug-likeness (QED) is 0.578. The van der Waals surface area contributed by atoms with Crippen molar-refractivity contribution < 1.29 is 13.2 Å². The zero-order valence-electron chi connectivity index (χ0n) is 13.2. The van der Waals surface area contributed by atoms with Crippen molar-refractivity contribution >= 4 is 40.9 Å². The fourth-order valence-corrected chi connectivity index (χ4v) is 3.17. The fraction of sp³-hybridized carbons (Fsp3) is 0.222. The second-order valence-electron chi connectivity index (χ2n) is 5.46. The maximum atomic E-state index is 13.4. The summed E-state index contributed by atoms with van der Waals surface area (Å²) in [5.41, 5.74) is 1.43. The summed E-state index contributed by atoms with van der Waals surface area (Å²) in [4.78, 5) is 0. The van der Waals surface area contributed by atoms with Gasteiger partial charge in [-0.05, 0) is 48.0 Å². The molecule has 0 fully saturated rings. The third-order valence-electron chi connectivity index (χ3n) is 3.52. The second kappa shape index (κ2) is 8.45. The molecule has 25 heavy (non-hydrogen) atoms. The number of rotatable bonds is 5. The summed E-state index contributed by atoms with van der Waals surface area (Å²) < 4.78 is 40.3. The van der Waals surface area contributed by atoms with E-state index < -0.39 is 12.1 Å². The number of halogens is 6. The molecule has 0 aromatic heterocycles. The van der Waals surface area contributed by atoms with E-state index in [9.17, 15) is 13.2 Å². The van der Waals surface area contributed by atoms with Crippen molar-refractivity contribution in [2.24, 2.45) is 0 Å². The van der Waals surface area contributed by atoms with Gasteiger partial charge in [0.2, 0.25) is 0 Å². The van der Waals surface area contributed by atoms with Gasteiger partial charge in [0.05, 0.1) is 5.92 Å². The van der Waals surface area contributed by atoms with Gasteiger partial charge in [0.15, 0.2) is 0 Å². The number of hydrogen-bond donors (Lipinski definition) is 1. The van der Waals surface area contributed by atoms with Crippen LogP contribution in [0.2, 0.25) is 15.1 Å². The average Bonchev–Trinajstić information content (AvgIpc) is 2.48. The molecule has 2 rings (SSSR count). The predicted octanol–water partition coefficient (Wildman–Crippen LogP) is 6.73. The Morgan fingerprint density at radius 3 is 2.20 bits per heavy atom. The Bertz CT molecular complexity index is 752. The van der Waals surface area contributed by atoms with E-state index in [0.717, 1.165) is 11.6 Å². The van der Waals surface area contributed by atoms with E-state index in [4.69, 9.17) is 34.8 Å². The molecule has 0 radical (unpaired) electrons. The molecule has 1 unspecified atom stereocenters. The van der Waals surface area contributed by atoms with Crippen LogP contribution in [-0.4, -0.2) is 13.2 Å². The van der Waals surface area contributed by atoms with Crippen LogP contribution in [0.5, 0.6) is 0 Å². The zero-order chi connectivity index (χ0) is 18.6. The van der Waals surface area contributed by atoms with Crippen molar-refractivity contribution in [3.05, 3.63) is 74.2 Å². The van der Waals surface area contributed by atoms with Crippen molar-refractivity contribution in [2.45, 2.75) is 18.6 Å². The van der Waals surface area contributed by atoms with E-state index in [2.05, 4.69) is 5.32 Å². The first-order chi connectivity index (χ1) is 11.7. The monoisotopic (exact) mass is 407 g/mol. The van der Waals surface area contributed by atoms with Crippen LogP contribution >= 0.6 is 34.8 Å². The first-order valence-electron chi connectivity index (χ1n) is 7.34. The van der Waals surface area contributed by atoms with E-state index in [0.29, 0.717) is 17.1 Å². The lowest BCUT2D eigenvalue weighted by molar-refractivity contribution is -0.139. The predicted molar refractivity (Wildman–Crippen MR) is 98.5 cm³/mol. The molecule has 134 valence electrons. The zero-order valence-corrected chi connectivity index (χ0v) is 15.4. The molecule has 0 aliphatic carbocycles. The SMILES string of the molecule is CNCc1ccc(/C=C/C(c2cc(Cl)cc(Cl)c2)C(F)(F)F)cc1Cl. The summed E-state index contributed by atoms with van der Waals surface area (Å²) in [6.45, 7) is 0.578. The van der Waals surface area contributed by atoms with Crippen LogP contribution in [0.4, 0.5) is 13.2 Å². The van der Waals surface area contributed by atoms with Gasteiger partial charge in [-0.15, -0.1) is 0 Å². The Hall–Kier alpha value is -1.20. The lowest BCUT2D eigenvalue weighted by atomic mass is 9.97. The molecule has 0 aliphatic rings. The highest BCUT2D eigenvalue weighted by Crippen LogP contribution is 2.38. The number of allylic oxidation sites excluding steroid dienone is 1. The smallest absolute Gasteiger partial charge is 0.316 e. The summed E-state index contributed by atoms with van der Waals surface area (Å²) in [5, 5.41) is 3.78. The third kappa shape index (κ3) is 5.65. The molecule has 0 amide bonds. The normalized spacial score (nSPS) is 13.4. The molecule has 0 saturated heterocycles. The van der Waals surface area contributed by atoms with Gasteiger partial charge in [-0.2, -0.15) is 13.2 Å². The van der Waals surface area contributed by atoms with Crippen molar-refractivity contribution in [3.8, 4) is 0 Å². The number of hydrogen-bond acceptors (Lipinski definition) is 1. The van der Waals surface area contributed by atoms with Crippen LogP contribution in [0.25, 0.3) is 6.08 Å². The van der Waals surface area contributed by atoms with Gasteiger partial charge in [0, 0.05) is 21.6 Å². The Kier molecular flexibility index (Phi) is 6.80. The van der Waals surface area contributed by atoms with Crippen LogP contribution in [0.3, 0.4) is 0 Å². The molecule has 1 atom stereocenters. The number of alkyl halides is 3. The van der Waals surface area contributed by atoms with E-state index in [1.807, 2.05) is 0 Å². The molecule has 2 aromatic carbocycles. The van der Waals surface area contributed by atoms with Crippen LogP contribution in [-0.2, 0) is 6.54 Å². The largest absolute Gasteiger partial charge is 0.399 e. The van der Waals surface area contributed by atoms with Crippen molar-refractivity contribution in [1.29, 1.82) is 0 Å². The summed E-state index contributed by atoms with van der Waals surface area (Å²) in [7, 11) is 1.79. The number of nitrogens with one attached hydrogen (secondary N) is 1. The number of benzene rings is 2. The van der Waals surface area contributed by atoms with Gasteiger partial charge < -0.3 is 5.32 Å². The maximum Gasteiger partial charge on any atom is 0.399 e. The topological polar surface area (TPSA) is 12.0 Å². The maximum absolute atomic E-state index is 13.4. The average molecular weight is 409 g/mol. The van der Waals surface area contributed by atoms with Crippen LogP contribution in [0, 0.1) is 0 Å². The molecule has 1 N–H and O–H groups in total. The first kappa shape index (κ1) is 20.1. The van der Waals surface area contributed by atoms with E-state index >= 15 is 0 Å². The summed E-state index contributed by atoms with van der Waals surface area (Å²) in [6, 6.07) is 9.04. The van der Waals surface area contributed by atoms with Gasteiger partial charge >= 0.3 is 6.18 Å². The fourth-order valence-electron chi connectivity index (χ4n) is 2.37. The Morgan fingerprint density at radius 2 is 1.68 bits per heavy atom. The lowest BCUT2D eigenvalue weighted by Gasteiger charge is -2.18. The Balaban J connectivity index is 2.34. The third-order valence-corrected chi connectivity index (χ3v) is 4.31. The van der Waals surface area contributed by atoms with Crippen molar-refractivity contribution in [3.63, 3.8) is 0 Å². The van der Waals surface area contributed by atoms with Gasteiger partial charge in [-0.1, -0.05) is 59.1 Å². The van der Waals surface area contributed by atoms with Gasteiger partial charge in [-0.25, -0.2) is 0 Å². The van der Waals surface area contributed by atoms with E-state index in [-0.39, 0.29) is 15.6 Å². The molecule has 0 heterocycles. The van der Waals surface area contributed by atoms with Crippen LogP contribution in [0.1, 0.15) is 22.6 Å². The van der Waals surface area contributed by atoms with Crippen LogP contribution in [0.15, 0.2) is 42.5 Å². The molecule has 0 spiro atoms. The molecule has 0 aliphatic heterocycles. The summed E-state index contributed by atoms with van der Waals surface area (Å²) in [5.74, 6) is -1.82. The Labute approximate surface area is 159 Å². The van der Waals surface area contributed by atoms with Gasteiger partial charge in [-0.3, -0.25) is 0 Å². The molecule has 0 bridgehead atoms. The highest BCUT2D eigenvalue weighted by molar-refractivity contribution is 6.34. The van der Waals surface area contributed by atoms with E-state index in [1.165, 1.54) is 24.3 Å². The first-order valence-corrected chi connectivity index (χ1v) is 8.48. The summed E-state index contributed by atoms with van der Waals surface area (Å²) in [6.07, 6.45) is -2.01. The lowest BCUT2D eigenvalue weighted by Crippen LogP contribution is -2.18. The minimum Gasteiger partial charge on any atom is -0.316 e. The van der Waals surface area contributed by atoms with E-state index in [1.54, 1.807) is 25.2 Å². The highest BCUT2D eigenvalue weighted by Gasteiger charge is 2.39. The minimum absolute atomic E-state index is 0.0147. The Morgan fingerprint density at radius 1 is 1.04 bits per heavy atom. The van der Waals surface area contributed by atoms with Gasteiger partial charge in [0.25, 0.3) is 0 Å². The molecular weight excluding hydrogens is 394 g/mol. The molecule has 2 aromatic rings. The summed E-state index contributed by atoms with van der Waals surface area (Å²) >= 11 is 17.8.